The lowest BCUT2D eigenvalue weighted by Gasteiger charge is -2.07. The fraction of sp³-hybridized carbons (Fsp3) is 0.385. The summed E-state index contributed by atoms with van der Waals surface area (Å²) in [5.41, 5.74) is 2.94. The Morgan fingerprint density at radius 1 is 1.28 bits per heavy atom. The van der Waals surface area contributed by atoms with Gasteiger partial charge in [-0.1, -0.05) is 6.07 Å². The number of nitrogens with one attached hydrogen (secondary N) is 3. The molecule has 1 heterocycles. The first-order valence-electron chi connectivity index (χ1n) is 6.06. The molecular weight excluding hydrogens is 230 g/mol. The zero-order chi connectivity index (χ0) is 13.0. The summed E-state index contributed by atoms with van der Waals surface area (Å²) in [5.74, 6) is -0.206. The van der Waals surface area contributed by atoms with Crippen LogP contribution in [0.5, 0.6) is 0 Å². The molecule has 0 bridgehead atoms. The quantitative estimate of drug-likeness (QED) is 0.679. The van der Waals surface area contributed by atoms with Crippen LogP contribution in [0.4, 0.5) is 5.69 Å². The summed E-state index contributed by atoms with van der Waals surface area (Å²) in [7, 11) is 0. The van der Waals surface area contributed by atoms with Crippen molar-refractivity contribution in [3.05, 3.63) is 29.3 Å². The van der Waals surface area contributed by atoms with Crippen LogP contribution in [0.25, 0.3) is 0 Å². The number of hydrogen-bond acceptors (Lipinski definition) is 3. The van der Waals surface area contributed by atoms with E-state index in [4.69, 9.17) is 0 Å². The summed E-state index contributed by atoms with van der Waals surface area (Å²) in [6.07, 6.45) is 1.01. The van der Waals surface area contributed by atoms with Crippen LogP contribution in [0.1, 0.15) is 22.8 Å². The molecule has 0 aromatic heterocycles. The van der Waals surface area contributed by atoms with Gasteiger partial charge < -0.3 is 16.0 Å². The predicted octanol–water partition coefficient (Wildman–Crippen LogP) is 0.520. The maximum atomic E-state index is 11.8. The lowest BCUT2D eigenvalue weighted by molar-refractivity contribution is -0.118. The summed E-state index contributed by atoms with van der Waals surface area (Å²) in [5, 5.41) is 8.63. The van der Waals surface area contributed by atoms with Gasteiger partial charge in [0.15, 0.2) is 0 Å². The van der Waals surface area contributed by atoms with Crippen molar-refractivity contribution < 1.29 is 9.59 Å². The average molecular weight is 247 g/mol. The van der Waals surface area contributed by atoms with Gasteiger partial charge in [0.05, 0.1) is 0 Å². The zero-order valence-electron chi connectivity index (χ0n) is 10.4. The molecule has 0 fully saturated rings. The fourth-order valence-corrected chi connectivity index (χ4v) is 1.95. The van der Waals surface area contributed by atoms with E-state index < -0.39 is 0 Å². The van der Waals surface area contributed by atoms with Crippen molar-refractivity contribution in [2.45, 2.75) is 13.3 Å². The maximum absolute atomic E-state index is 11.8. The molecule has 1 aromatic carbocycles. The van der Waals surface area contributed by atoms with E-state index in [1.54, 1.807) is 0 Å². The summed E-state index contributed by atoms with van der Waals surface area (Å²) in [4.78, 5) is 22.5. The van der Waals surface area contributed by atoms with E-state index in [2.05, 4.69) is 16.0 Å². The van der Waals surface area contributed by atoms with E-state index in [1.807, 2.05) is 18.2 Å². The van der Waals surface area contributed by atoms with Crippen molar-refractivity contribution in [1.29, 1.82) is 0 Å². The highest BCUT2D eigenvalue weighted by Gasteiger charge is 2.12. The molecule has 0 aliphatic carbocycles. The molecule has 2 rings (SSSR count). The topological polar surface area (TPSA) is 70.2 Å². The summed E-state index contributed by atoms with van der Waals surface area (Å²) in [6.45, 7) is 3.27. The summed E-state index contributed by atoms with van der Waals surface area (Å²) >= 11 is 0. The Bertz CT molecular complexity index is 471. The molecule has 0 spiro atoms. The van der Waals surface area contributed by atoms with Crippen LogP contribution in [-0.4, -0.2) is 31.4 Å². The van der Waals surface area contributed by atoms with Crippen LogP contribution in [0.2, 0.25) is 0 Å². The van der Waals surface area contributed by atoms with Crippen molar-refractivity contribution in [2.75, 3.05) is 25.0 Å². The second kappa shape index (κ2) is 5.53. The lowest BCUT2D eigenvalue weighted by Crippen LogP contribution is -2.33. The second-order valence-electron chi connectivity index (χ2n) is 4.29. The smallest absolute Gasteiger partial charge is 0.251 e. The Morgan fingerprint density at radius 3 is 2.83 bits per heavy atom. The molecule has 0 atom stereocenters. The normalized spacial score (nSPS) is 12.5. The van der Waals surface area contributed by atoms with Gasteiger partial charge in [-0.25, -0.2) is 0 Å². The highest BCUT2D eigenvalue weighted by atomic mass is 16.2. The zero-order valence-corrected chi connectivity index (χ0v) is 10.4. The number of benzene rings is 1. The Kier molecular flexibility index (Phi) is 3.82. The summed E-state index contributed by atoms with van der Waals surface area (Å²) in [6, 6.07) is 5.69. The van der Waals surface area contributed by atoms with E-state index in [0.717, 1.165) is 18.7 Å². The van der Waals surface area contributed by atoms with Gasteiger partial charge in [0.1, 0.15) is 0 Å². The van der Waals surface area contributed by atoms with E-state index in [-0.39, 0.29) is 11.8 Å². The predicted molar refractivity (Wildman–Crippen MR) is 69.7 cm³/mol. The Balaban J connectivity index is 1.87. The number of fused-ring (bicyclic) bond motifs is 1. The maximum Gasteiger partial charge on any atom is 0.251 e. The molecule has 0 saturated carbocycles. The molecule has 1 aliphatic heterocycles. The van der Waals surface area contributed by atoms with E-state index >= 15 is 0 Å². The molecule has 1 aliphatic rings. The monoisotopic (exact) mass is 247 g/mol. The van der Waals surface area contributed by atoms with Gasteiger partial charge in [-0.3, -0.25) is 9.59 Å². The van der Waals surface area contributed by atoms with Gasteiger partial charge in [-0.15, -0.1) is 0 Å². The first-order valence-corrected chi connectivity index (χ1v) is 6.06. The fourth-order valence-electron chi connectivity index (χ4n) is 1.95. The van der Waals surface area contributed by atoms with Gasteiger partial charge in [-0.05, 0) is 24.1 Å². The van der Waals surface area contributed by atoms with Gasteiger partial charge in [-0.2, -0.15) is 0 Å². The highest BCUT2D eigenvalue weighted by Crippen LogP contribution is 2.22. The SMILES string of the molecule is CC(=O)NCCNC(=O)c1ccc2c(c1)NCC2. The number of hydrogen-bond donors (Lipinski definition) is 3. The molecular formula is C13H17N3O2. The molecule has 0 unspecified atom stereocenters. The molecule has 0 radical (unpaired) electrons. The molecule has 0 saturated heterocycles. The average Bonchev–Trinajstić information content (AvgIpc) is 2.81. The van der Waals surface area contributed by atoms with Crippen LogP contribution in [0.15, 0.2) is 18.2 Å². The summed E-state index contributed by atoms with van der Waals surface area (Å²) < 4.78 is 0. The standard InChI is InChI=1S/C13H17N3O2/c1-9(17)14-6-7-16-13(18)11-3-2-10-4-5-15-12(10)8-11/h2-3,8,15H,4-7H2,1H3,(H,14,17)(H,16,18). The first-order chi connectivity index (χ1) is 8.66. The van der Waals surface area contributed by atoms with Gasteiger partial charge >= 0.3 is 0 Å². The second-order valence-corrected chi connectivity index (χ2v) is 4.29. The van der Waals surface area contributed by atoms with Crippen LogP contribution < -0.4 is 16.0 Å². The van der Waals surface area contributed by atoms with Gasteiger partial charge in [0.25, 0.3) is 5.91 Å². The minimum atomic E-state index is -0.114. The Labute approximate surface area is 106 Å². The van der Waals surface area contributed by atoms with Gasteiger partial charge in [0, 0.05) is 37.8 Å². The number of carbonyl (C=O) groups is 2. The number of amides is 2. The van der Waals surface area contributed by atoms with E-state index in [1.165, 1.54) is 12.5 Å². The number of carbonyl (C=O) groups excluding carboxylic acids is 2. The van der Waals surface area contributed by atoms with Gasteiger partial charge in [0.2, 0.25) is 5.91 Å². The molecule has 96 valence electrons. The number of anilines is 1. The van der Waals surface area contributed by atoms with E-state index in [0.29, 0.717) is 18.7 Å². The highest BCUT2D eigenvalue weighted by molar-refractivity contribution is 5.95. The van der Waals surface area contributed by atoms with Crippen molar-refractivity contribution in [2.24, 2.45) is 0 Å². The third-order valence-electron chi connectivity index (χ3n) is 2.87. The molecule has 18 heavy (non-hydrogen) atoms. The lowest BCUT2D eigenvalue weighted by atomic mass is 10.1. The molecule has 2 amide bonds. The van der Waals surface area contributed by atoms with Crippen molar-refractivity contribution in [1.82, 2.24) is 10.6 Å². The third kappa shape index (κ3) is 3.00. The van der Waals surface area contributed by atoms with Crippen LogP contribution in [0, 0.1) is 0 Å². The minimum Gasteiger partial charge on any atom is -0.384 e. The third-order valence-corrected chi connectivity index (χ3v) is 2.87. The van der Waals surface area contributed by atoms with Crippen LogP contribution in [-0.2, 0) is 11.2 Å². The van der Waals surface area contributed by atoms with Crippen molar-refractivity contribution >= 4 is 17.5 Å². The van der Waals surface area contributed by atoms with Crippen molar-refractivity contribution in [3.8, 4) is 0 Å². The minimum absolute atomic E-state index is 0.0917. The Hall–Kier alpha value is -2.04. The van der Waals surface area contributed by atoms with E-state index in [9.17, 15) is 9.59 Å². The molecule has 1 aromatic rings. The molecule has 5 nitrogen and oxygen atoms in total. The molecule has 3 N–H and O–H groups in total. The van der Waals surface area contributed by atoms with Crippen LogP contribution >= 0.6 is 0 Å². The van der Waals surface area contributed by atoms with Crippen LogP contribution in [0.3, 0.4) is 0 Å². The number of rotatable bonds is 4. The largest absolute Gasteiger partial charge is 0.384 e. The van der Waals surface area contributed by atoms with Crippen molar-refractivity contribution in [3.63, 3.8) is 0 Å². The first kappa shape index (κ1) is 12.4. The molecule has 5 heteroatoms. The Morgan fingerprint density at radius 2 is 2.06 bits per heavy atom.